The lowest BCUT2D eigenvalue weighted by atomic mass is 10.2. The summed E-state index contributed by atoms with van der Waals surface area (Å²) in [5.41, 5.74) is 3.60. The first-order valence-electron chi connectivity index (χ1n) is 8.26. The molecule has 0 bridgehead atoms. The number of aryl methyl sites for hydroxylation is 3. The summed E-state index contributed by atoms with van der Waals surface area (Å²) in [7, 11) is 1.74. The molecule has 23 heavy (non-hydrogen) atoms. The van der Waals surface area contributed by atoms with Gasteiger partial charge in [0.15, 0.2) is 5.16 Å². The van der Waals surface area contributed by atoms with Crippen LogP contribution >= 0.6 is 11.8 Å². The van der Waals surface area contributed by atoms with Crippen molar-refractivity contribution in [2.45, 2.75) is 58.3 Å². The van der Waals surface area contributed by atoms with E-state index in [0.717, 1.165) is 36.3 Å². The minimum absolute atomic E-state index is 0.730. The van der Waals surface area contributed by atoms with Crippen LogP contribution in [0.15, 0.2) is 17.6 Å². The number of unbranched alkanes of at least 4 members (excludes halogenated alkanes) is 2. The first kappa shape index (κ1) is 18.1. The molecule has 5 nitrogen and oxygen atoms in total. The van der Waals surface area contributed by atoms with E-state index < -0.39 is 0 Å². The second kappa shape index (κ2) is 9.13. The van der Waals surface area contributed by atoms with Crippen LogP contribution in [0.2, 0.25) is 0 Å². The molecule has 0 saturated heterocycles. The maximum absolute atomic E-state index is 5.20. The molecule has 2 aromatic heterocycles. The quantitative estimate of drug-likeness (QED) is 0.491. The van der Waals surface area contributed by atoms with Crippen molar-refractivity contribution < 1.29 is 4.74 Å². The Hall–Kier alpha value is -1.27. The highest BCUT2D eigenvalue weighted by Gasteiger charge is 2.10. The maximum Gasteiger partial charge on any atom is 0.168 e. The SMILES string of the molecule is COCCn1c(SCCCCCn2cc(C)cn2)nc(C)c1C. The Morgan fingerprint density at radius 3 is 2.65 bits per heavy atom. The molecule has 0 unspecified atom stereocenters. The average molecular weight is 337 g/mol. The molecule has 0 fully saturated rings. The zero-order chi connectivity index (χ0) is 16.7. The fourth-order valence-electron chi connectivity index (χ4n) is 2.48. The number of hydrogen-bond donors (Lipinski definition) is 0. The Labute approximate surface area is 143 Å². The Bertz CT molecular complexity index is 606. The summed E-state index contributed by atoms with van der Waals surface area (Å²) in [4.78, 5) is 4.69. The molecule has 2 heterocycles. The largest absolute Gasteiger partial charge is 0.383 e. The smallest absolute Gasteiger partial charge is 0.168 e. The third-order valence-electron chi connectivity index (χ3n) is 3.97. The van der Waals surface area contributed by atoms with Gasteiger partial charge in [0, 0.05) is 37.8 Å². The molecular weight excluding hydrogens is 308 g/mol. The summed E-state index contributed by atoms with van der Waals surface area (Å²) >= 11 is 1.86. The summed E-state index contributed by atoms with van der Waals surface area (Å²) < 4.78 is 9.51. The zero-order valence-electron chi connectivity index (χ0n) is 14.7. The fraction of sp³-hybridized carbons (Fsp3) is 0.647. The van der Waals surface area contributed by atoms with Gasteiger partial charge in [0.1, 0.15) is 0 Å². The normalized spacial score (nSPS) is 11.3. The topological polar surface area (TPSA) is 44.9 Å². The number of ether oxygens (including phenoxy) is 1. The van der Waals surface area contributed by atoms with Crippen LogP contribution in [0.3, 0.4) is 0 Å². The van der Waals surface area contributed by atoms with Gasteiger partial charge in [-0.25, -0.2) is 4.98 Å². The third kappa shape index (κ3) is 5.39. The highest BCUT2D eigenvalue weighted by Crippen LogP contribution is 2.22. The van der Waals surface area contributed by atoms with Crippen molar-refractivity contribution in [2.24, 2.45) is 0 Å². The van der Waals surface area contributed by atoms with Crippen molar-refractivity contribution in [1.29, 1.82) is 0 Å². The Morgan fingerprint density at radius 2 is 1.96 bits per heavy atom. The molecule has 0 aromatic carbocycles. The van der Waals surface area contributed by atoms with Crippen LogP contribution in [0, 0.1) is 20.8 Å². The lowest BCUT2D eigenvalue weighted by molar-refractivity contribution is 0.184. The Kier molecular flexibility index (Phi) is 7.17. The minimum Gasteiger partial charge on any atom is -0.383 e. The minimum atomic E-state index is 0.730. The standard InChI is InChI=1S/C17H28N4OS/c1-14-12-18-20(13-14)8-6-5-7-11-23-17-19-15(2)16(3)21(17)9-10-22-4/h12-13H,5-11H2,1-4H3. The number of thioether (sulfide) groups is 1. The van der Waals surface area contributed by atoms with Crippen LogP contribution < -0.4 is 0 Å². The van der Waals surface area contributed by atoms with E-state index >= 15 is 0 Å². The van der Waals surface area contributed by atoms with E-state index in [1.165, 1.54) is 30.5 Å². The predicted molar refractivity (Wildman–Crippen MR) is 95.1 cm³/mol. The van der Waals surface area contributed by atoms with Gasteiger partial charge in [0.2, 0.25) is 0 Å². The second-order valence-electron chi connectivity index (χ2n) is 5.90. The molecule has 128 valence electrons. The van der Waals surface area contributed by atoms with E-state index in [9.17, 15) is 0 Å². The zero-order valence-corrected chi connectivity index (χ0v) is 15.5. The van der Waals surface area contributed by atoms with Gasteiger partial charge in [0.05, 0.1) is 18.5 Å². The van der Waals surface area contributed by atoms with Crippen LogP contribution in [0.5, 0.6) is 0 Å². The molecule has 0 spiro atoms. The average Bonchev–Trinajstić information content (AvgIpc) is 3.06. The van der Waals surface area contributed by atoms with Crippen LogP contribution in [0.4, 0.5) is 0 Å². The summed E-state index contributed by atoms with van der Waals surface area (Å²) in [6.45, 7) is 8.91. The van der Waals surface area contributed by atoms with Crippen molar-refractivity contribution in [3.63, 3.8) is 0 Å². The van der Waals surface area contributed by atoms with Crippen molar-refractivity contribution in [3.8, 4) is 0 Å². The van der Waals surface area contributed by atoms with Gasteiger partial charge in [-0.3, -0.25) is 4.68 Å². The van der Waals surface area contributed by atoms with Crippen LogP contribution in [0.1, 0.15) is 36.2 Å². The van der Waals surface area contributed by atoms with E-state index in [1.54, 1.807) is 7.11 Å². The van der Waals surface area contributed by atoms with Crippen molar-refractivity contribution >= 4 is 11.8 Å². The van der Waals surface area contributed by atoms with Gasteiger partial charge >= 0.3 is 0 Å². The van der Waals surface area contributed by atoms with Gasteiger partial charge in [-0.05, 0) is 39.2 Å². The lowest BCUT2D eigenvalue weighted by Gasteiger charge is -2.09. The second-order valence-corrected chi connectivity index (χ2v) is 6.96. The lowest BCUT2D eigenvalue weighted by Crippen LogP contribution is -2.07. The molecule has 0 saturated carbocycles. The van der Waals surface area contributed by atoms with Gasteiger partial charge in [-0.1, -0.05) is 18.2 Å². The number of nitrogens with zero attached hydrogens (tertiary/aromatic N) is 4. The molecule has 2 aromatic rings. The number of aromatic nitrogens is 4. The molecule has 0 amide bonds. The summed E-state index contributed by atoms with van der Waals surface area (Å²) in [6.07, 6.45) is 7.63. The van der Waals surface area contributed by atoms with Crippen LogP contribution in [0.25, 0.3) is 0 Å². The number of methoxy groups -OCH3 is 1. The fourth-order valence-corrected chi connectivity index (χ4v) is 3.60. The van der Waals surface area contributed by atoms with E-state index in [2.05, 4.69) is 41.6 Å². The highest BCUT2D eigenvalue weighted by atomic mass is 32.2. The van der Waals surface area contributed by atoms with Crippen molar-refractivity contribution in [1.82, 2.24) is 19.3 Å². The van der Waals surface area contributed by atoms with Gasteiger partial charge < -0.3 is 9.30 Å². The van der Waals surface area contributed by atoms with Crippen LogP contribution in [-0.4, -0.2) is 38.8 Å². The third-order valence-corrected chi connectivity index (χ3v) is 5.03. The van der Waals surface area contributed by atoms with E-state index in [4.69, 9.17) is 4.74 Å². The Balaban J connectivity index is 1.70. The van der Waals surface area contributed by atoms with Gasteiger partial charge in [-0.2, -0.15) is 5.10 Å². The number of imidazole rings is 1. The molecule has 0 aliphatic carbocycles. The van der Waals surface area contributed by atoms with Gasteiger partial charge in [-0.15, -0.1) is 0 Å². The summed E-state index contributed by atoms with van der Waals surface area (Å²) in [6, 6.07) is 0. The van der Waals surface area contributed by atoms with Crippen LogP contribution in [-0.2, 0) is 17.8 Å². The first-order chi connectivity index (χ1) is 11.1. The summed E-state index contributed by atoms with van der Waals surface area (Å²) in [5.74, 6) is 1.11. The highest BCUT2D eigenvalue weighted by molar-refractivity contribution is 7.99. The molecule has 6 heteroatoms. The molecule has 0 radical (unpaired) electrons. The molecule has 0 aliphatic rings. The van der Waals surface area contributed by atoms with Crippen molar-refractivity contribution in [2.75, 3.05) is 19.5 Å². The number of rotatable bonds is 10. The molecule has 0 N–H and O–H groups in total. The monoisotopic (exact) mass is 336 g/mol. The van der Waals surface area contributed by atoms with E-state index in [0.29, 0.717) is 0 Å². The molecule has 0 aliphatic heterocycles. The first-order valence-corrected chi connectivity index (χ1v) is 9.25. The summed E-state index contributed by atoms with van der Waals surface area (Å²) in [5, 5.41) is 5.44. The number of hydrogen-bond acceptors (Lipinski definition) is 4. The van der Waals surface area contributed by atoms with Crippen molar-refractivity contribution in [3.05, 3.63) is 29.3 Å². The van der Waals surface area contributed by atoms with E-state index in [1.807, 2.05) is 22.6 Å². The predicted octanol–water partition coefficient (Wildman–Crippen LogP) is 3.61. The van der Waals surface area contributed by atoms with E-state index in [-0.39, 0.29) is 0 Å². The maximum atomic E-state index is 5.20. The molecule has 2 rings (SSSR count). The molecule has 0 atom stereocenters. The molecular formula is C17H28N4OS. The van der Waals surface area contributed by atoms with Gasteiger partial charge in [0.25, 0.3) is 0 Å². The Morgan fingerprint density at radius 1 is 1.13 bits per heavy atom.